The van der Waals surface area contributed by atoms with E-state index in [4.69, 9.17) is 26.8 Å². The molecule has 2 aromatic carbocycles. The summed E-state index contributed by atoms with van der Waals surface area (Å²) in [7, 11) is 1.40. The van der Waals surface area contributed by atoms with Crippen molar-refractivity contribution < 1.29 is 29.0 Å². The van der Waals surface area contributed by atoms with E-state index in [-0.39, 0.29) is 22.2 Å². The minimum Gasteiger partial charge on any atom is -0.493 e. The normalized spacial score (nSPS) is 15.1. The molecule has 0 atom stereocenters. The van der Waals surface area contributed by atoms with E-state index in [1.165, 1.54) is 30.2 Å². The number of methoxy groups -OCH3 is 1. The third kappa shape index (κ3) is 4.89. The summed E-state index contributed by atoms with van der Waals surface area (Å²) in [5.74, 6) is -1.79. The van der Waals surface area contributed by atoms with Gasteiger partial charge in [0.05, 0.1) is 12.8 Å². The van der Waals surface area contributed by atoms with Crippen molar-refractivity contribution in [3.63, 3.8) is 0 Å². The largest absolute Gasteiger partial charge is 0.493 e. The summed E-state index contributed by atoms with van der Waals surface area (Å²) >= 11 is 5.21. The number of carbonyl (C=O) groups excluding carboxylic acids is 2. The second-order valence-electron chi connectivity index (χ2n) is 6.57. The van der Waals surface area contributed by atoms with Gasteiger partial charge in [-0.15, -0.1) is 0 Å². The van der Waals surface area contributed by atoms with E-state index in [9.17, 15) is 14.4 Å². The van der Waals surface area contributed by atoms with E-state index in [1.807, 2.05) is 19.1 Å². The Morgan fingerprint density at radius 2 is 1.87 bits per heavy atom. The summed E-state index contributed by atoms with van der Waals surface area (Å²) in [6.45, 7) is 1.50. The number of hydrogen-bond acceptors (Lipinski definition) is 6. The SMILES string of the molecule is CCc1ccc(N2C(=O)C(=Cc3ccc(OCC(=O)O)c(OC)c3)C(=O)NC2=S)cc1. The summed E-state index contributed by atoms with van der Waals surface area (Å²) in [4.78, 5) is 37.5. The molecular weight excluding hydrogens is 420 g/mol. The number of thiocarbonyl (C=S) groups is 1. The molecule has 2 N–H and O–H groups in total. The Kier molecular flexibility index (Phi) is 6.66. The number of anilines is 1. The lowest BCUT2D eigenvalue weighted by Crippen LogP contribution is -2.54. The van der Waals surface area contributed by atoms with Gasteiger partial charge in [-0.1, -0.05) is 25.1 Å². The number of ether oxygens (including phenoxy) is 2. The fourth-order valence-electron chi connectivity index (χ4n) is 2.97. The number of nitrogens with one attached hydrogen (secondary N) is 1. The van der Waals surface area contributed by atoms with Crippen LogP contribution < -0.4 is 19.7 Å². The van der Waals surface area contributed by atoms with Crippen molar-refractivity contribution in [3.8, 4) is 11.5 Å². The molecule has 0 aliphatic carbocycles. The maximum absolute atomic E-state index is 13.1. The third-order valence-electron chi connectivity index (χ3n) is 4.55. The molecule has 160 valence electrons. The lowest BCUT2D eigenvalue weighted by molar-refractivity contribution is -0.139. The van der Waals surface area contributed by atoms with Gasteiger partial charge in [-0.2, -0.15) is 0 Å². The number of aliphatic carboxylic acids is 1. The molecule has 0 bridgehead atoms. The van der Waals surface area contributed by atoms with Crippen LogP contribution in [0.1, 0.15) is 18.1 Å². The maximum Gasteiger partial charge on any atom is 0.341 e. The molecule has 1 fully saturated rings. The molecule has 8 nitrogen and oxygen atoms in total. The van der Waals surface area contributed by atoms with Crippen LogP contribution in [0.3, 0.4) is 0 Å². The minimum atomic E-state index is -1.12. The van der Waals surface area contributed by atoms with Crippen molar-refractivity contribution in [2.75, 3.05) is 18.6 Å². The molecule has 1 heterocycles. The number of amides is 2. The highest BCUT2D eigenvalue weighted by Gasteiger charge is 2.34. The van der Waals surface area contributed by atoms with Crippen LogP contribution in [0.25, 0.3) is 6.08 Å². The summed E-state index contributed by atoms with van der Waals surface area (Å²) in [5.41, 5.74) is 2.05. The fraction of sp³-hybridized carbons (Fsp3) is 0.182. The van der Waals surface area contributed by atoms with Gasteiger partial charge in [0.2, 0.25) is 0 Å². The Balaban J connectivity index is 1.92. The van der Waals surface area contributed by atoms with Gasteiger partial charge in [0, 0.05) is 0 Å². The van der Waals surface area contributed by atoms with Crippen molar-refractivity contribution >= 4 is 46.9 Å². The maximum atomic E-state index is 13.1. The molecule has 2 amide bonds. The first-order chi connectivity index (χ1) is 14.8. The molecule has 1 aliphatic heterocycles. The highest BCUT2D eigenvalue weighted by atomic mass is 32.1. The highest BCUT2D eigenvalue weighted by Crippen LogP contribution is 2.30. The van der Waals surface area contributed by atoms with Crippen molar-refractivity contribution in [2.24, 2.45) is 0 Å². The van der Waals surface area contributed by atoms with Crippen LogP contribution in [0.2, 0.25) is 0 Å². The van der Waals surface area contributed by atoms with Crippen molar-refractivity contribution in [2.45, 2.75) is 13.3 Å². The van der Waals surface area contributed by atoms with Crippen LogP contribution in [0.5, 0.6) is 11.5 Å². The van der Waals surface area contributed by atoms with Crippen LogP contribution in [-0.2, 0) is 20.8 Å². The molecule has 0 spiro atoms. The first-order valence-corrected chi connectivity index (χ1v) is 9.78. The second kappa shape index (κ2) is 9.40. The first kappa shape index (κ1) is 22.0. The average molecular weight is 440 g/mol. The monoisotopic (exact) mass is 440 g/mol. The molecule has 31 heavy (non-hydrogen) atoms. The number of benzene rings is 2. The molecule has 0 saturated carbocycles. The van der Waals surface area contributed by atoms with E-state index in [0.29, 0.717) is 11.3 Å². The zero-order chi connectivity index (χ0) is 22.5. The van der Waals surface area contributed by atoms with Crippen LogP contribution in [0.15, 0.2) is 48.0 Å². The van der Waals surface area contributed by atoms with Gasteiger partial charge in [0.1, 0.15) is 5.57 Å². The predicted molar refractivity (Wildman–Crippen MR) is 118 cm³/mol. The Hall–Kier alpha value is -3.72. The summed E-state index contributed by atoms with van der Waals surface area (Å²) in [5, 5.41) is 11.3. The van der Waals surface area contributed by atoms with E-state index >= 15 is 0 Å². The predicted octanol–water partition coefficient (Wildman–Crippen LogP) is 2.55. The molecule has 1 saturated heterocycles. The highest BCUT2D eigenvalue weighted by molar-refractivity contribution is 7.80. The van der Waals surface area contributed by atoms with Crippen LogP contribution in [-0.4, -0.2) is 41.7 Å². The Morgan fingerprint density at radius 1 is 1.16 bits per heavy atom. The van der Waals surface area contributed by atoms with Crippen LogP contribution in [0.4, 0.5) is 5.69 Å². The topological polar surface area (TPSA) is 105 Å². The molecule has 0 unspecified atom stereocenters. The van der Waals surface area contributed by atoms with Crippen LogP contribution in [0, 0.1) is 0 Å². The Labute approximate surface area is 184 Å². The van der Waals surface area contributed by atoms with Crippen molar-refractivity contribution in [1.82, 2.24) is 5.32 Å². The second-order valence-corrected chi connectivity index (χ2v) is 6.96. The zero-order valence-corrected chi connectivity index (χ0v) is 17.7. The van der Waals surface area contributed by atoms with E-state index in [2.05, 4.69) is 5.32 Å². The quantitative estimate of drug-likeness (QED) is 0.387. The van der Waals surface area contributed by atoms with Crippen molar-refractivity contribution in [1.29, 1.82) is 0 Å². The standard InChI is InChI=1S/C22H20N2O6S/c1-3-13-4-7-15(8-5-13)24-21(28)16(20(27)23-22(24)31)10-14-6-9-17(18(11-14)29-2)30-12-19(25)26/h4-11H,3,12H2,1-2H3,(H,25,26)(H,23,27,31). The van der Waals surface area contributed by atoms with Gasteiger partial charge in [-0.05, 0) is 60.1 Å². The van der Waals surface area contributed by atoms with E-state index in [1.54, 1.807) is 18.2 Å². The molecule has 3 rings (SSSR count). The summed E-state index contributed by atoms with van der Waals surface area (Å²) < 4.78 is 10.4. The lowest BCUT2D eigenvalue weighted by atomic mass is 10.1. The smallest absolute Gasteiger partial charge is 0.341 e. The van der Waals surface area contributed by atoms with Gasteiger partial charge in [-0.3, -0.25) is 19.8 Å². The first-order valence-electron chi connectivity index (χ1n) is 9.37. The number of carboxylic acids is 1. The van der Waals surface area contributed by atoms with Gasteiger partial charge < -0.3 is 14.6 Å². The number of aryl methyl sites for hydroxylation is 1. The molecular formula is C22H20N2O6S. The third-order valence-corrected chi connectivity index (χ3v) is 4.84. The summed E-state index contributed by atoms with van der Waals surface area (Å²) in [6.07, 6.45) is 2.27. The number of hydrogen-bond donors (Lipinski definition) is 2. The van der Waals surface area contributed by atoms with Gasteiger partial charge in [-0.25, -0.2) is 4.79 Å². The van der Waals surface area contributed by atoms with Crippen molar-refractivity contribution in [3.05, 3.63) is 59.2 Å². The lowest BCUT2D eigenvalue weighted by Gasteiger charge is -2.29. The molecule has 1 aliphatic rings. The summed E-state index contributed by atoms with van der Waals surface area (Å²) in [6, 6.07) is 12.0. The molecule has 0 radical (unpaired) electrons. The van der Waals surface area contributed by atoms with Gasteiger partial charge in [0.15, 0.2) is 23.2 Å². The fourth-order valence-corrected chi connectivity index (χ4v) is 3.25. The van der Waals surface area contributed by atoms with Gasteiger partial charge in [0.25, 0.3) is 11.8 Å². The minimum absolute atomic E-state index is 0.00592. The number of carboxylic acid groups (broad SMARTS) is 1. The van der Waals surface area contributed by atoms with E-state index in [0.717, 1.165) is 12.0 Å². The Bertz CT molecular complexity index is 1080. The van der Waals surface area contributed by atoms with Crippen LogP contribution >= 0.6 is 12.2 Å². The molecule has 9 heteroatoms. The number of rotatable bonds is 7. The molecule has 0 aromatic heterocycles. The van der Waals surface area contributed by atoms with Gasteiger partial charge >= 0.3 is 5.97 Å². The molecule has 2 aromatic rings. The van der Waals surface area contributed by atoms with E-state index < -0.39 is 24.4 Å². The average Bonchev–Trinajstić information content (AvgIpc) is 2.75. The zero-order valence-electron chi connectivity index (χ0n) is 16.9. The Morgan fingerprint density at radius 3 is 2.48 bits per heavy atom. The number of nitrogens with zero attached hydrogens (tertiary/aromatic N) is 1. The number of carbonyl (C=O) groups is 3.